The van der Waals surface area contributed by atoms with E-state index in [0.29, 0.717) is 11.6 Å². The zero-order chi connectivity index (χ0) is 9.42. The lowest BCUT2D eigenvalue weighted by Crippen LogP contribution is -2.02. The van der Waals surface area contributed by atoms with Gasteiger partial charge in [0, 0.05) is 5.92 Å². The van der Waals surface area contributed by atoms with Crippen LogP contribution in [-0.2, 0) is 4.74 Å². The van der Waals surface area contributed by atoms with E-state index in [4.69, 9.17) is 10.2 Å². The van der Waals surface area contributed by atoms with Gasteiger partial charge in [-0.3, -0.25) is 0 Å². The molecule has 0 amide bonds. The number of rotatable bonds is 2. The van der Waals surface area contributed by atoms with Gasteiger partial charge in [0.1, 0.15) is 0 Å². The molecule has 5 heteroatoms. The van der Waals surface area contributed by atoms with Crippen LogP contribution in [-0.4, -0.2) is 18.1 Å². The minimum absolute atomic E-state index is 0.0299. The van der Waals surface area contributed by atoms with E-state index in [1.807, 2.05) is 0 Å². The molecule has 1 aromatic rings. The molecule has 5 nitrogen and oxygen atoms in total. The molecule has 0 aliphatic heterocycles. The van der Waals surface area contributed by atoms with E-state index in [1.165, 1.54) is 7.11 Å². The van der Waals surface area contributed by atoms with Gasteiger partial charge in [-0.15, -0.1) is 0 Å². The maximum Gasteiger partial charge on any atom is 0.376 e. The first-order chi connectivity index (χ1) is 6.22. The molecule has 0 atom stereocenters. The summed E-state index contributed by atoms with van der Waals surface area (Å²) in [5, 5.41) is 0. The minimum Gasteiger partial charge on any atom is -0.463 e. The van der Waals surface area contributed by atoms with Crippen molar-refractivity contribution >= 4 is 12.0 Å². The van der Waals surface area contributed by atoms with E-state index in [2.05, 4.69) is 9.72 Å². The maximum atomic E-state index is 11.2. The Hall–Kier alpha value is -1.52. The molecule has 1 fully saturated rings. The molecule has 1 saturated carbocycles. The first kappa shape index (κ1) is 8.10. The van der Waals surface area contributed by atoms with Crippen molar-refractivity contribution in [2.24, 2.45) is 0 Å². The van der Waals surface area contributed by atoms with Crippen molar-refractivity contribution in [3.63, 3.8) is 0 Å². The number of carbonyl (C=O) groups is 1. The quantitative estimate of drug-likeness (QED) is 0.688. The Balaban J connectivity index is 2.36. The molecule has 2 rings (SSSR count). The number of nitrogen functional groups attached to an aromatic ring is 1. The van der Waals surface area contributed by atoms with Crippen molar-refractivity contribution in [2.45, 2.75) is 18.8 Å². The first-order valence-electron chi connectivity index (χ1n) is 4.07. The summed E-state index contributed by atoms with van der Waals surface area (Å²) in [4.78, 5) is 15.1. The number of hydrogen-bond donors (Lipinski definition) is 1. The molecule has 1 aliphatic carbocycles. The summed E-state index contributed by atoms with van der Waals surface area (Å²) in [5.74, 6) is -0.0243. The van der Waals surface area contributed by atoms with Crippen LogP contribution in [0, 0.1) is 0 Å². The highest BCUT2D eigenvalue weighted by Crippen LogP contribution is 2.41. The number of anilines is 1. The second-order valence-electron chi connectivity index (χ2n) is 3.03. The normalized spacial score (nSPS) is 15.8. The van der Waals surface area contributed by atoms with Gasteiger partial charge in [0.15, 0.2) is 0 Å². The lowest BCUT2D eigenvalue weighted by molar-refractivity contribution is 0.0564. The van der Waals surface area contributed by atoms with Crippen LogP contribution in [0.4, 0.5) is 6.01 Å². The Morgan fingerprint density at radius 3 is 2.92 bits per heavy atom. The van der Waals surface area contributed by atoms with Crippen LogP contribution in [0.2, 0.25) is 0 Å². The molecule has 0 spiro atoms. The smallest absolute Gasteiger partial charge is 0.376 e. The number of esters is 1. The molecule has 1 aromatic heterocycles. The van der Waals surface area contributed by atoms with Gasteiger partial charge in [0.2, 0.25) is 5.76 Å². The second kappa shape index (κ2) is 2.76. The van der Waals surface area contributed by atoms with Gasteiger partial charge in [0.05, 0.1) is 12.8 Å². The summed E-state index contributed by atoms with van der Waals surface area (Å²) in [6, 6.07) is 0.0299. The van der Waals surface area contributed by atoms with Crippen molar-refractivity contribution in [1.82, 2.24) is 4.98 Å². The molecule has 2 N–H and O–H groups in total. The largest absolute Gasteiger partial charge is 0.463 e. The fraction of sp³-hybridized carbons (Fsp3) is 0.500. The Morgan fingerprint density at radius 1 is 1.69 bits per heavy atom. The highest BCUT2D eigenvalue weighted by molar-refractivity contribution is 5.88. The molecule has 70 valence electrons. The van der Waals surface area contributed by atoms with Gasteiger partial charge in [-0.25, -0.2) is 4.79 Å². The molecule has 0 radical (unpaired) electrons. The molecule has 1 heterocycles. The summed E-state index contributed by atoms with van der Waals surface area (Å²) in [5.41, 5.74) is 5.99. The van der Waals surface area contributed by atoms with E-state index in [9.17, 15) is 4.79 Å². The summed E-state index contributed by atoms with van der Waals surface area (Å²) >= 11 is 0. The van der Waals surface area contributed by atoms with Crippen LogP contribution in [0.1, 0.15) is 35.0 Å². The zero-order valence-electron chi connectivity index (χ0n) is 7.24. The minimum atomic E-state index is -0.508. The van der Waals surface area contributed by atoms with Crippen LogP contribution in [0.15, 0.2) is 4.42 Å². The fourth-order valence-electron chi connectivity index (χ4n) is 1.22. The van der Waals surface area contributed by atoms with Gasteiger partial charge in [-0.05, 0) is 12.8 Å². The number of aromatic nitrogens is 1. The maximum absolute atomic E-state index is 11.2. The molecule has 0 saturated heterocycles. The van der Waals surface area contributed by atoms with Crippen molar-refractivity contribution in [3.05, 3.63) is 11.5 Å². The average molecular weight is 182 g/mol. The second-order valence-corrected chi connectivity index (χ2v) is 3.03. The Kier molecular flexibility index (Phi) is 1.72. The Morgan fingerprint density at radius 2 is 2.38 bits per heavy atom. The van der Waals surface area contributed by atoms with Crippen molar-refractivity contribution in [2.75, 3.05) is 12.8 Å². The zero-order valence-corrected chi connectivity index (χ0v) is 7.24. The number of ether oxygens (including phenoxy) is 1. The number of methoxy groups -OCH3 is 1. The molecule has 1 aliphatic rings. The van der Waals surface area contributed by atoms with Gasteiger partial charge >= 0.3 is 5.97 Å². The van der Waals surface area contributed by atoms with Gasteiger partial charge in [0.25, 0.3) is 6.01 Å². The van der Waals surface area contributed by atoms with E-state index < -0.39 is 5.97 Å². The number of nitrogens with zero attached hydrogens (tertiary/aromatic N) is 1. The first-order valence-corrected chi connectivity index (χ1v) is 4.07. The highest BCUT2D eigenvalue weighted by Gasteiger charge is 2.33. The molecule has 0 aromatic carbocycles. The summed E-state index contributed by atoms with van der Waals surface area (Å²) in [7, 11) is 1.30. The summed E-state index contributed by atoms with van der Waals surface area (Å²) in [6.45, 7) is 0. The van der Waals surface area contributed by atoms with Crippen LogP contribution in [0.5, 0.6) is 0 Å². The molecule has 0 bridgehead atoms. The third kappa shape index (κ3) is 1.37. The Bertz CT molecular complexity index is 341. The van der Waals surface area contributed by atoms with Crippen LogP contribution < -0.4 is 5.73 Å². The number of nitrogens with two attached hydrogens (primary N) is 1. The van der Waals surface area contributed by atoms with Gasteiger partial charge in [-0.2, -0.15) is 4.98 Å². The lowest BCUT2D eigenvalue weighted by Gasteiger charge is -1.95. The fourth-order valence-corrected chi connectivity index (χ4v) is 1.22. The van der Waals surface area contributed by atoms with Crippen LogP contribution in [0.25, 0.3) is 0 Å². The number of hydrogen-bond acceptors (Lipinski definition) is 5. The lowest BCUT2D eigenvalue weighted by atomic mass is 10.2. The third-order valence-corrected chi connectivity index (χ3v) is 2.00. The number of carbonyl (C=O) groups excluding carboxylic acids is 1. The van der Waals surface area contributed by atoms with Gasteiger partial charge in [-0.1, -0.05) is 0 Å². The molecular formula is C8H10N2O3. The molecule has 13 heavy (non-hydrogen) atoms. The van der Waals surface area contributed by atoms with E-state index >= 15 is 0 Å². The van der Waals surface area contributed by atoms with Crippen molar-refractivity contribution < 1.29 is 13.9 Å². The topological polar surface area (TPSA) is 78.3 Å². The van der Waals surface area contributed by atoms with Crippen LogP contribution in [0.3, 0.4) is 0 Å². The monoisotopic (exact) mass is 182 g/mol. The van der Waals surface area contributed by atoms with E-state index in [-0.39, 0.29) is 11.8 Å². The summed E-state index contributed by atoms with van der Waals surface area (Å²) < 4.78 is 9.50. The van der Waals surface area contributed by atoms with E-state index in [1.54, 1.807) is 0 Å². The predicted molar refractivity (Wildman–Crippen MR) is 44.2 cm³/mol. The third-order valence-electron chi connectivity index (χ3n) is 2.00. The van der Waals surface area contributed by atoms with Crippen molar-refractivity contribution in [1.29, 1.82) is 0 Å². The highest BCUT2D eigenvalue weighted by atomic mass is 16.5. The van der Waals surface area contributed by atoms with Crippen molar-refractivity contribution in [3.8, 4) is 0 Å². The van der Waals surface area contributed by atoms with E-state index in [0.717, 1.165) is 12.8 Å². The number of oxazole rings is 1. The van der Waals surface area contributed by atoms with Crippen LogP contribution >= 0.6 is 0 Å². The standard InChI is InChI=1S/C8H10N2O3/c1-12-7(11)6-5(4-2-3-4)10-8(9)13-6/h4H,2-3H2,1H3,(H2,9,10). The summed E-state index contributed by atoms with van der Waals surface area (Å²) in [6.07, 6.45) is 2.08. The molecular weight excluding hydrogens is 172 g/mol. The molecule has 0 unspecified atom stereocenters. The Labute approximate surface area is 74.9 Å². The van der Waals surface area contributed by atoms with Gasteiger partial charge < -0.3 is 14.9 Å². The SMILES string of the molecule is COC(=O)c1oc(N)nc1C1CC1. The average Bonchev–Trinajstić information content (AvgIpc) is 2.89. The predicted octanol–water partition coefficient (Wildman–Crippen LogP) is 0.921.